The van der Waals surface area contributed by atoms with E-state index in [2.05, 4.69) is 30.1 Å². The third-order valence-corrected chi connectivity index (χ3v) is 8.10. The molecule has 6 nitrogen and oxygen atoms in total. The van der Waals surface area contributed by atoms with Gasteiger partial charge in [0.15, 0.2) is 11.6 Å². The number of benzene rings is 4. The molecule has 42 heavy (non-hydrogen) atoms. The van der Waals surface area contributed by atoms with Crippen molar-refractivity contribution in [3.8, 4) is 5.75 Å². The molecule has 2 atom stereocenters. The lowest BCUT2D eigenvalue weighted by Gasteiger charge is -2.29. The lowest BCUT2D eigenvalue weighted by atomic mass is 9.84. The lowest BCUT2D eigenvalue weighted by molar-refractivity contribution is -0.129. The number of aliphatic hydroxyl groups excluding tert-OH is 1. The summed E-state index contributed by atoms with van der Waals surface area (Å²) < 4.78 is 12.2. The first kappa shape index (κ1) is 29.2. The van der Waals surface area contributed by atoms with Gasteiger partial charge in [-0.15, -0.1) is 6.58 Å². The van der Waals surface area contributed by atoms with Gasteiger partial charge in [-0.05, 0) is 53.6 Å². The molecule has 0 fully saturated rings. The van der Waals surface area contributed by atoms with E-state index in [1.807, 2.05) is 91.0 Å². The van der Waals surface area contributed by atoms with E-state index in [0.717, 1.165) is 26.5 Å². The van der Waals surface area contributed by atoms with Crippen molar-refractivity contribution >= 4 is 23.6 Å². The highest BCUT2D eigenvalue weighted by Crippen LogP contribution is 2.43. The number of aliphatic imine (C=N–C) groups is 1. The van der Waals surface area contributed by atoms with Crippen LogP contribution in [0.3, 0.4) is 0 Å². The number of nitrogens with one attached hydrogen (secondary N) is 1. The van der Waals surface area contributed by atoms with Crippen LogP contribution in [-0.4, -0.2) is 35.7 Å². The highest BCUT2D eigenvalue weighted by molar-refractivity contribution is 7.99. The molecular weight excluding hydrogens is 544 g/mol. The van der Waals surface area contributed by atoms with Crippen LogP contribution in [0.1, 0.15) is 35.6 Å². The maximum atomic E-state index is 14.2. The SMILES string of the molecule is C=CC[C@@]1(C(=O)NCc2ccccc2Sc2ccccc2)N=C(c2ccc(OCCCO)cc2)O[C@@H]1c1ccccc1. The Morgan fingerprint density at radius 3 is 2.38 bits per heavy atom. The molecule has 1 aliphatic rings. The predicted octanol–water partition coefficient (Wildman–Crippen LogP) is 6.75. The van der Waals surface area contributed by atoms with Crippen LogP contribution in [0.4, 0.5) is 0 Å². The van der Waals surface area contributed by atoms with Crippen LogP contribution in [0.15, 0.2) is 137 Å². The molecule has 5 rings (SSSR count). The predicted molar refractivity (Wildman–Crippen MR) is 167 cm³/mol. The van der Waals surface area contributed by atoms with Crippen molar-refractivity contribution in [1.82, 2.24) is 5.32 Å². The molecule has 0 bridgehead atoms. The average molecular weight is 579 g/mol. The summed E-state index contributed by atoms with van der Waals surface area (Å²) in [4.78, 5) is 21.4. The summed E-state index contributed by atoms with van der Waals surface area (Å²) in [5.74, 6) is 0.852. The Morgan fingerprint density at radius 2 is 1.67 bits per heavy atom. The normalized spacial score (nSPS) is 17.6. The molecule has 0 radical (unpaired) electrons. The molecule has 2 N–H and O–H groups in total. The summed E-state index contributed by atoms with van der Waals surface area (Å²) in [6.45, 7) is 4.82. The molecule has 7 heteroatoms. The van der Waals surface area contributed by atoms with Crippen LogP contribution in [0.2, 0.25) is 0 Å². The fourth-order valence-electron chi connectivity index (χ4n) is 4.86. The first-order chi connectivity index (χ1) is 20.6. The van der Waals surface area contributed by atoms with E-state index in [9.17, 15) is 4.79 Å². The van der Waals surface area contributed by atoms with Gasteiger partial charge >= 0.3 is 0 Å². The van der Waals surface area contributed by atoms with Gasteiger partial charge in [-0.2, -0.15) is 0 Å². The van der Waals surface area contributed by atoms with Crippen molar-refractivity contribution in [2.75, 3.05) is 13.2 Å². The second-order valence-electron chi connectivity index (χ2n) is 9.90. The molecule has 0 spiro atoms. The van der Waals surface area contributed by atoms with Crippen LogP contribution in [0, 0.1) is 0 Å². The number of carbonyl (C=O) groups excluding carboxylic acids is 1. The highest BCUT2D eigenvalue weighted by atomic mass is 32.2. The lowest BCUT2D eigenvalue weighted by Crippen LogP contribution is -2.47. The van der Waals surface area contributed by atoms with Crippen molar-refractivity contribution in [3.05, 3.63) is 139 Å². The van der Waals surface area contributed by atoms with Crippen molar-refractivity contribution in [1.29, 1.82) is 0 Å². The molecule has 0 unspecified atom stereocenters. The van der Waals surface area contributed by atoms with Crippen LogP contribution in [0.25, 0.3) is 0 Å². The number of ether oxygens (including phenoxy) is 2. The Morgan fingerprint density at radius 1 is 0.976 bits per heavy atom. The molecule has 0 saturated carbocycles. The van der Waals surface area contributed by atoms with Crippen molar-refractivity contribution in [3.63, 3.8) is 0 Å². The maximum Gasteiger partial charge on any atom is 0.252 e. The van der Waals surface area contributed by atoms with E-state index in [-0.39, 0.29) is 12.5 Å². The highest BCUT2D eigenvalue weighted by Gasteiger charge is 2.52. The van der Waals surface area contributed by atoms with E-state index in [0.29, 0.717) is 37.6 Å². The Balaban J connectivity index is 1.42. The first-order valence-electron chi connectivity index (χ1n) is 14.0. The molecule has 4 aromatic rings. The zero-order valence-corrected chi connectivity index (χ0v) is 24.1. The van der Waals surface area contributed by atoms with Crippen LogP contribution in [0.5, 0.6) is 5.75 Å². The van der Waals surface area contributed by atoms with Gasteiger partial charge in [0.05, 0.1) is 6.61 Å². The third kappa shape index (κ3) is 6.75. The standard InChI is InChI=1S/C35H34N2O4S/c1-2-22-35(34(39)36-25-28-14-9-10-17-31(28)42-30-15-7-4-8-16-30)32(26-12-5-3-6-13-26)41-33(37-35)27-18-20-29(21-19-27)40-24-11-23-38/h2-10,12-21,32,38H,1,11,22-25H2,(H,36,39)/t32-,35-/m1/s1. The fraction of sp³-hybridized carbons (Fsp3) is 0.200. The number of hydrogen-bond donors (Lipinski definition) is 2. The molecule has 0 saturated heterocycles. The Labute approximate surface area is 251 Å². The van der Waals surface area contributed by atoms with Crippen LogP contribution >= 0.6 is 11.8 Å². The summed E-state index contributed by atoms with van der Waals surface area (Å²) in [6.07, 6.45) is 1.94. The summed E-state index contributed by atoms with van der Waals surface area (Å²) in [6, 6.07) is 35.4. The summed E-state index contributed by atoms with van der Waals surface area (Å²) >= 11 is 1.67. The summed E-state index contributed by atoms with van der Waals surface area (Å²) in [5, 5.41) is 12.2. The van der Waals surface area contributed by atoms with Crippen molar-refractivity contribution in [2.45, 2.75) is 40.8 Å². The molecule has 1 aliphatic heterocycles. The van der Waals surface area contributed by atoms with E-state index >= 15 is 0 Å². The summed E-state index contributed by atoms with van der Waals surface area (Å²) in [5.41, 5.74) is 1.38. The van der Waals surface area contributed by atoms with Gasteiger partial charge < -0.3 is 19.9 Å². The van der Waals surface area contributed by atoms with Gasteiger partial charge in [0.25, 0.3) is 5.91 Å². The second-order valence-corrected chi connectivity index (χ2v) is 11.0. The van der Waals surface area contributed by atoms with Crippen LogP contribution in [-0.2, 0) is 16.1 Å². The van der Waals surface area contributed by atoms with Gasteiger partial charge in [-0.3, -0.25) is 4.79 Å². The number of carbonyl (C=O) groups is 1. The van der Waals surface area contributed by atoms with E-state index in [1.165, 1.54) is 0 Å². The molecule has 0 aliphatic carbocycles. The zero-order valence-electron chi connectivity index (χ0n) is 23.3. The fourth-order valence-corrected chi connectivity index (χ4v) is 5.82. The number of aliphatic hydroxyl groups is 1. The van der Waals surface area contributed by atoms with Gasteiger partial charge in [-0.1, -0.05) is 84.6 Å². The quantitative estimate of drug-likeness (QED) is 0.136. The van der Waals surface area contributed by atoms with E-state index in [4.69, 9.17) is 19.6 Å². The van der Waals surface area contributed by atoms with Crippen LogP contribution < -0.4 is 10.1 Å². The maximum absolute atomic E-state index is 14.2. The monoisotopic (exact) mass is 578 g/mol. The number of hydrogen-bond acceptors (Lipinski definition) is 6. The van der Waals surface area contributed by atoms with Crippen molar-refractivity contribution in [2.24, 2.45) is 4.99 Å². The Hall–Kier alpha value is -4.33. The minimum Gasteiger partial charge on any atom is -0.494 e. The number of amides is 1. The largest absolute Gasteiger partial charge is 0.494 e. The Bertz CT molecular complexity index is 1510. The topological polar surface area (TPSA) is 80.2 Å². The smallest absolute Gasteiger partial charge is 0.252 e. The third-order valence-electron chi connectivity index (χ3n) is 6.97. The zero-order chi connectivity index (χ0) is 29.2. The van der Waals surface area contributed by atoms with E-state index < -0.39 is 11.6 Å². The number of rotatable bonds is 13. The number of nitrogens with zero attached hydrogens (tertiary/aromatic N) is 1. The van der Waals surface area contributed by atoms with Gasteiger partial charge in [0.2, 0.25) is 5.90 Å². The van der Waals surface area contributed by atoms with E-state index in [1.54, 1.807) is 17.8 Å². The molecular formula is C35H34N2O4S. The molecule has 4 aromatic carbocycles. The average Bonchev–Trinajstić information content (AvgIpc) is 3.42. The molecule has 1 amide bonds. The minimum absolute atomic E-state index is 0.0779. The molecule has 1 heterocycles. The van der Waals surface area contributed by atoms with Gasteiger partial charge in [0.1, 0.15) is 5.75 Å². The van der Waals surface area contributed by atoms with Gasteiger partial charge in [0, 0.05) is 41.3 Å². The summed E-state index contributed by atoms with van der Waals surface area (Å²) in [7, 11) is 0. The van der Waals surface area contributed by atoms with Gasteiger partial charge in [-0.25, -0.2) is 4.99 Å². The first-order valence-corrected chi connectivity index (χ1v) is 14.8. The molecule has 214 valence electrons. The van der Waals surface area contributed by atoms with Crippen molar-refractivity contribution < 1.29 is 19.4 Å². The molecule has 0 aromatic heterocycles. The second kappa shape index (κ2) is 14.0. The Kier molecular flexibility index (Phi) is 9.74. The minimum atomic E-state index is -1.24.